The van der Waals surface area contributed by atoms with Crippen molar-refractivity contribution in [3.63, 3.8) is 0 Å². The quantitative estimate of drug-likeness (QED) is 0.909. The Morgan fingerprint density at radius 3 is 3.21 bits per heavy atom. The van der Waals surface area contributed by atoms with Gasteiger partial charge in [-0.15, -0.1) is 0 Å². The van der Waals surface area contributed by atoms with Gasteiger partial charge in [-0.25, -0.2) is 4.98 Å². The van der Waals surface area contributed by atoms with E-state index in [9.17, 15) is 0 Å². The summed E-state index contributed by atoms with van der Waals surface area (Å²) < 4.78 is 2.28. The van der Waals surface area contributed by atoms with Gasteiger partial charge in [-0.3, -0.25) is 4.98 Å². The second-order valence-corrected chi connectivity index (χ2v) is 5.28. The van der Waals surface area contributed by atoms with E-state index in [4.69, 9.17) is 0 Å². The number of aryl methyl sites for hydroxylation is 2. The smallest absolute Gasteiger partial charge is 0.108 e. The number of aromatic nitrogens is 3. The van der Waals surface area contributed by atoms with E-state index in [-0.39, 0.29) is 0 Å². The summed E-state index contributed by atoms with van der Waals surface area (Å²) in [4.78, 5) is 8.68. The molecule has 0 saturated carbocycles. The number of nitrogens with one attached hydrogen (secondary N) is 1. The highest BCUT2D eigenvalue weighted by molar-refractivity contribution is 5.17. The molecule has 0 bridgehead atoms. The Bertz CT molecular complexity index is 547. The summed E-state index contributed by atoms with van der Waals surface area (Å²) in [6.07, 6.45) is 8.18. The molecule has 2 aromatic heterocycles. The fourth-order valence-corrected chi connectivity index (χ4v) is 2.72. The summed E-state index contributed by atoms with van der Waals surface area (Å²) in [7, 11) is 0. The number of rotatable bonds is 4. The van der Waals surface area contributed by atoms with E-state index < -0.39 is 0 Å². The predicted molar refractivity (Wildman–Crippen MR) is 74.7 cm³/mol. The molecule has 0 saturated heterocycles. The summed E-state index contributed by atoms with van der Waals surface area (Å²) in [6.45, 7) is 5.13. The zero-order valence-corrected chi connectivity index (χ0v) is 11.3. The van der Waals surface area contributed by atoms with Gasteiger partial charge in [0.1, 0.15) is 5.82 Å². The lowest BCUT2D eigenvalue weighted by Gasteiger charge is -2.24. The van der Waals surface area contributed by atoms with Crippen molar-refractivity contribution in [2.24, 2.45) is 5.92 Å². The van der Waals surface area contributed by atoms with Crippen molar-refractivity contribution in [2.75, 3.05) is 6.54 Å². The van der Waals surface area contributed by atoms with Gasteiger partial charge in [0, 0.05) is 43.8 Å². The van der Waals surface area contributed by atoms with E-state index in [0.717, 1.165) is 31.7 Å². The summed E-state index contributed by atoms with van der Waals surface area (Å²) in [5, 5.41) is 3.56. The van der Waals surface area contributed by atoms with Crippen LogP contribution in [0.1, 0.15) is 23.5 Å². The van der Waals surface area contributed by atoms with Gasteiger partial charge in [0.2, 0.25) is 0 Å². The fourth-order valence-electron chi connectivity index (χ4n) is 2.72. The minimum absolute atomic E-state index is 0.707. The zero-order chi connectivity index (χ0) is 13.1. The third kappa shape index (κ3) is 2.84. The summed E-state index contributed by atoms with van der Waals surface area (Å²) >= 11 is 0. The molecule has 3 heterocycles. The van der Waals surface area contributed by atoms with E-state index in [0.29, 0.717) is 5.92 Å². The van der Waals surface area contributed by atoms with Crippen LogP contribution >= 0.6 is 0 Å². The molecule has 100 valence electrons. The average molecular weight is 256 g/mol. The largest absolute Gasteiger partial charge is 0.335 e. The second-order valence-electron chi connectivity index (χ2n) is 5.28. The highest BCUT2D eigenvalue weighted by Gasteiger charge is 2.18. The van der Waals surface area contributed by atoms with Crippen LogP contribution in [0.15, 0.2) is 30.7 Å². The Kier molecular flexibility index (Phi) is 3.60. The molecule has 3 rings (SSSR count). The number of fused-ring (bicyclic) bond motifs is 1. The van der Waals surface area contributed by atoms with Gasteiger partial charge in [0.25, 0.3) is 0 Å². The van der Waals surface area contributed by atoms with Gasteiger partial charge < -0.3 is 9.88 Å². The Morgan fingerprint density at radius 1 is 1.37 bits per heavy atom. The van der Waals surface area contributed by atoms with Crippen LogP contribution < -0.4 is 5.32 Å². The first-order chi connectivity index (χ1) is 9.33. The topological polar surface area (TPSA) is 42.7 Å². The molecule has 4 heteroatoms. The van der Waals surface area contributed by atoms with E-state index >= 15 is 0 Å². The highest BCUT2D eigenvalue weighted by atomic mass is 15.1. The van der Waals surface area contributed by atoms with E-state index in [1.807, 2.05) is 18.5 Å². The van der Waals surface area contributed by atoms with Gasteiger partial charge >= 0.3 is 0 Å². The maximum absolute atomic E-state index is 4.36. The molecule has 0 aromatic carbocycles. The second kappa shape index (κ2) is 5.53. The predicted octanol–water partition coefficient (Wildman–Crippen LogP) is 1.94. The lowest BCUT2D eigenvalue weighted by Crippen LogP contribution is -2.29. The van der Waals surface area contributed by atoms with Crippen molar-refractivity contribution >= 4 is 0 Å². The first-order valence-electron chi connectivity index (χ1n) is 6.94. The SMILES string of the molecule is Cc1ncccc1CNCC1CCc2nccn2C1. The molecule has 0 radical (unpaired) electrons. The number of hydrogen-bond acceptors (Lipinski definition) is 3. The number of hydrogen-bond donors (Lipinski definition) is 1. The van der Waals surface area contributed by atoms with Crippen LogP contribution in [0, 0.1) is 12.8 Å². The Labute approximate surface area is 113 Å². The van der Waals surface area contributed by atoms with Crippen LogP contribution in [0.25, 0.3) is 0 Å². The van der Waals surface area contributed by atoms with Crippen molar-refractivity contribution in [3.05, 3.63) is 47.8 Å². The molecule has 0 spiro atoms. The molecule has 19 heavy (non-hydrogen) atoms. The summed E-state index contributed by atoms with van der Waals surface area (Å²) in [5.74, 6) is 1.94. The molecule has 1 aliphatic rings. The lowest BCUT2D eigenvalue weighted by molar-refractivity contribution is 0.347. The highest BCUT2D eigenvalue weighted by Crippen LogP contribution is 2.18. The number of imidazole rings is 1. The minimum atomic E-state index is 0.707. The van der Waals surface area contributed by atoms with Crippen LogP contribution in [0.2, 0.25) is 0 Å². The van der Waals surface area contributed by atoms with Gasteiger partial charge in [-0.05, 0) is 37.4 Å². The van der Waals surface area contributed by atoms with Crippen molar-refractivity contribution < 1.29 is 0 Å². The first kappa shape index (κ1) is 12.4. The van der Waals surface area contributed by atoms with Gasteiger partial charge in [-0.1, -0.05) is 6.07 Å². The number of nitrogens with zero attached hydrogens (tertiary/aromatic N) is 3. The van der Waals surface area contributed by atoms with Crippen LogP contribution in [-0.2, 0) is 19.5 Å². The molecule has 2 aromatic rings. The molecular weight excluding hydrogens is 236 g/mol. The summed E-state index contributed by atoms with van der Waals surface area (Å²) in [5.41, 5.74) is 2.41. The van der Waals surface area contributed by atoms with Gasteiger partial charge in [0.05, 0.1) is 0 Å². The monoisotopic (exact) mass is 256 g/mol. The molecule has 1 atom stereocenters. The van der Waals surface area contributed by atoms with Crippen LogP contribution in [0.5, 0.6) is 0 Å². The van der Waals surface area contributed by atoms with E-state index in [1.165, 1.54) is 17.8 Å². The normalized spacial score (nSPS) is 18.3. The van der Waals surface area contributed by atoms with Crippen LogP contribution in [0.3, 0.4) is 0 Å². The molecule has 0 amide bonds. The van der Waals surface area contributed by atoms with Crippen molar-refractivity contribution in [2.45, 2.75) is 32.9 Å². The van der Waals surface area contributed by atoms with Crippen LogP contribution in [0.4, 0.5) is 0 Å². The zero-order valence-electron chi connectivity index (χ0n) is 11.3. The average Bonchev–Trinajstić information content (AvgIpc) is 2.88. The third-order valence-corrected chi connectivity index (χ3v) is 3.90. The number of pyridine rings is 1. The molecule has 1 aliphatic heterocycles. The molecule has 4 nitrogen and oxygen atoms in total. The Morgan fingerprint density at radius 2 is 2.32 bits per heavy atom. The van der Waals surface area contributed by atoms with E-state index in [1.54, 1.807) is 0 Å². The summed E-state index contributed by atoms with van der Waals surface area (Å²) in [6, 6.07) is 4.15. The third-order valence-electron chi connectivity index (χ3n) is 3.90. The van der Waals surface area contributed by atoms with Crippen molar-refractivity contribution in [3.8, 4) is 0 Å². The Balaban J connectivity index is 1.50. The van der Waals surface area contributed by atoms with Crippen LogP contribution in [-0.4, -0.2) is 21.1 Å². The molecule has 0 fully saturated rings. The fraction of sp³-hybridized carbons (Fsp3) is 0.467. The maximum Gasteiger partial charge on any atom is 0.108 e. The minimum Gasteiger partial charge on any atom is -0.335 e. The van der Waals surface area contributed by atoms with Crippen molar-refractivity contribution in [1.82, 2.24) is 19.9 Å². The maximum atomic E-state index is 4.36. The lowest BCUT2D eigenvalue weighted by atomic mass is 9.99. The standard InChI is InChI=1S/C15H20N4/c1-12-14(3-2-6-17-12)10-16-9-13-4-5-15-18-7-8-19(15)11-13/h2-3,6-8,13,16H,4-5,9-11H2,1H3. The van der Waals surface area contributed by atoms with E-state index in [2.05, 4.69) is 39.0 Å². The Hall–Kier alpha value is -1.68. The first-order valence-corrected chi connectivity index (χ1v) is 6.94. The molecule has 0 aliphatic carbocycles. The van der Waals surface area contributed by atoms with Gasteiger partial charge in [-0.2, -0.15) is 0 Å². The van der Waals surface area contributed by atoms with Crippen molar-refractivity contribution in [1.29, 1.82) is 0 Å². The molecule has 1 N–H and O–H groups in total. The molecular formula is C15H20N4. The molecule has 1 unspecified atom stereocenters. The van der Waals surface area contributed by atoms with Gasteiger partial charge in [0.15, 0.2) is 0 Å².